The molecule has 0 saturated heterocycles. The first-order valence-corrected chi connectivity index (χ1v) is 6.52. The maximum Gasteiger partial charge on any atom is 0.203 e. The zero-order valence-corrected chi connectivity index (χ0v) is 11.8. The molecule has 0 fully saturated rings. The first-order chi connectivity index (χ1) is 9.19. The van der Waals surface area contributed by atoms with Crippen molar-refractivity contribution in [2.24, 2.45) is 0 Å². The average molecular weight is 259 g/mol. The predicted octanol–water partition coefficient (Wildman–Crippen LogP) is 2.69. The van der Waals surface area contributed by atoms with Crippen LogP contribution in [0.2, 0.25) is 0 Å². The van der Waals surface area contributed by atoms with Crippen LogP contribution in [0.5, 0.6) is 0 Å². The quantitative estimate of drug-likeness (QED) is 0.867. The fourth-order valence-electron chi connectivity index (χ4n) is 2.07. The predicted molar refractivity (Wildman–Crippen MR) is 77.5 cm³/mol. The van der Waals surface area contributed by atoms with E-state index in [0.29, 0.717) is 6.61 Å². The summed E-state index contributed by atoms with van der Waals surface area (Å²) in [6.07, 6.45) is 2.06. The molecule has 1 N–H and O–H groups in total. The molecule has 2 aromatic rings. The van der Waals surface area contributed by atoms with Crippen molar-refractivity contribution in [1.82, 2.24) is 9.55 Å². The fourth-order valence-corrected chi connectivity index (χ4v) is 2.07. The van der Waals surface area contributed by atoms with E-state index in [0.717, 1.165) is 18.2 Å². The van der Waals surface area contributed by atoms with Crippen LogP contribution in [0, 0.1) is 6.92 Å². The molecule has 4 heteroatoms. The Balaban J connectivity index is 2.12. The number of nitrogens with one attached hydrogen (secondary N) is 1. The number of methoxy groups -OCH3 is 1. The summed E-state index contributed by atoms with van der Waals surface area (Å²) < 4.78 is 7.28. The van der Waals surface area contributed by atoms with Gasteiger partial charge in [0.1, 0.15) is 0 Å². The fraction of sp³-hybridized carbons (Fsp3) is 0.400. The molecule has 19 heavy (non-hydrogen) atoms. The third-order valence-corrected chi connectivity index (χ3v) is 2.88. The van der Waals surface area contributed by atoms with Crippen molar-refractivity contribution < 1.29 is 4.74 Å². The lowest BCUT2D eigenvalue weighted by Gasteiger charge is -2.15. The van der Waals surface area contributed by atoms with Gasteiger partial charge in [-0.3, -0.25) is 0 Å². The molecule has 0 aliphatic rings. The zero-order chi connectivity index (χ0) is 13.7. The Hall–Kier alpha value is -1.81. The summed E-state index contributed by atoms with van der Waals surface area (Å²) in [5.41, 5.74) is 2.28. The summed E-state index contributed by atoms with van der Waals surface area (Å²) in [7, 11) is 1.71. The average Bonchev–Trinajstić information content (AvgIpc) is 2.71. The van der Waals surface area contributed by atoms with E-state index in [-0.39, 0.29) is 6.04 Å². The number of aryl methyl sites for hydroxylation is 1. The maximum atomic E-state index is 5.14. The molecule has 1 aromatic heterocycles. The standard InChI is InChI=1S/C15H21N3O/c1-12-9-18(10-14-7-5-4-6-8-14)15(16-12)17-13(2)11-19-3/h4-9,13H,10-11H2,1-3H3,(H,16,17). The highest BCUT2D eigenvalue weighted by atomic mass is 16.5. The minimum absolute atomic E-state index is 0.237. The van der Waals surface area contributed by atoms with Gasteiger partial charge in [0.2, 0.25) is 5.95 Å². The van der Waals surface area contributed by atoms with Gasteiger partial charge in [0.25, 0.3) is 0 Å². The minimum Gasteiger partial charge on any atom is -0.383 e. The van der Waals surface area contributed by atoms with Gasteiger partial charge in [0.15, 0.2) is 0 Å². The van der Waals surface area contributed by atoms with Crippen molar-refractivity contribution >= 4 is 5.95 Å². The molecular weight excluding hydrogens is 238 g/mol. The molecule has 2 rings (SSSR count). The number of hydrogen-bond donors (Lipinski definition) is 1. The van der Waals surface area contributed by atoms with Crippen molar-refractivity contribution in [2.75, 3.05) is 19.0 Å². The summed E-state index contributed by atoms with van der Waals surface area (Å²) in [6, 6.07) is 10.6. The van der Waals surface area contributed by atoms with Crippen LogP contribution in [0.1, 0.15) is 18.2 Å². The topological polar surface area (TPSA) is 39.1 Å². The van der Waals surface area contributed by atoms with Crippen LogP contribution in [0.15, 0.2) is 36.5 Å². The first-order valence-electron chi connectivity index (χ1n) is 6.52. The molecule has 1 unspecified atom stereocenters. The third kappa shape index (κ3) is 3.83. The summed E-state index contributed by atoms with van der Waals surface area (Å²) in [4.78, 5) is 4.53. The Bertz CT molecular complexity index is 507. The van der Waals surface area contributed by atoms with Gasteiger partial charge in [-0.25, -0.2) is 4.98 Å². The molecule has 102 valence electrons. The van der Waals surface area contributed by atoms with Crippen molar-refractivity contribution in [3.63, 3.8) is 0 Å². The van der Waals surface area contributed by atoms with E-state index in [1.54, 1.807) is 7.11 Å². The molecule has 0 aliphatic carbocycles. The number of aromatic nitrogens is 2. The Morgan fingerprint density at radius 3 is 2.74 bits per heavy atom. The molecule has 0 radical (unpaired) electrons. The van der Waals surface area contributed by atoms with Gasteiger partial charge in [-0.05, 0) is 19.4 Å². The van der Waals surface area contributed by atoms with Crippen LogP contribution in [0.4, 0.5) is 5.95 Å². The third-order valence-electron chi connectivity index (χ3n) is 2.88. The highest BCUT2D eigenvalue weighted by Crippen LogP contribution is 2.13. The lowest BCUT2D eigenvalue weighted by Crippen LogP contribution is -2.23. The first kappa shape index (κ1) is 13.6. The molecule has 4 nitrogen and oxygen atoms in total. The van der Waals surface area contributed by atoms with Crippen molar-refractivity contribution in [1.29, 1.82) is 0 Å². The number of hydrogen-bond acceptors (Lipinski definition) is 3. The van der Waals surface area contributed by atoms with Gasteiger partial charge in [-0.1, -0.05) is 30.3 Å². The van der Waals surface area contributed by atoms with E-state index < -0.39 is 0 Å². The summed E-state index contributed by atoms with van der Waals surface area (Å²) in [6.45, 7) is 5.58. The normalized spacial score (nSPS) is 12.4. The second-order valence-electron chi connectivity index (χ2n) is 4.82. The van der Waals surface area contributed by atoms with Gasteiger partial charge >= 0.3 is 0 Å². The van der Waals surface area contributed by atoms with Gasteiger partial charge < -0.3 is 14.6 Å². The summed E-state index contributed by atoms with van der Waals surface area (Å²) in [5.74, 6) is 0.894. The van der Waals surface area contributed by atoms with Crippen LogP contribution in [0.25, 0.3) is 0 Å². The number of benzene rings is 1. The van der Waals surface area contributed by atoms with Gasteiger partial charge in [0.05, 0.1) is 18.8 Å². The maximum absolute atomic E-state index is 5.14. The molecule has 0 bridgehead atoms. The number of anilines is 1. The molecule has 1 aromatic carbocycles. The number of nitrogens with zero attached hydrogens (tertiary/aromatic N) is 2. The van der Waals surface area contributed by atoms with E-state index in [9.17, 15) is 0 Å². The van der Waals surface area contributed by atoms with Crippen LogP contribution in [0.3, 0.4) is 0 Å². The van der Waals surface area contributed by atoms with E-state index in [1.165, 1.54) is 5.56 Å². The van der Waals surface area contributed by atoms with Crippen LogP contribution in [-0.2, 0) is 11.3 Å². The second kappa shape index (κ2) is 6.38. The molecule has 1 atom stereocenters. The van der Waals surface area contributed by atoms with Crippen LogP contribution >= 0.6 is 0 Å². The van der Waals surface area contributed by atoms with Crippen LogP contribution in [-0.4, -0.2) is 29.3 Å². The molecule has 0 spiro atoms. The lowest BCUT2D eigenvalue weighted by molar-refractivity contribution is 0.190. The minimum atomic E-state index is 0.237. The largest absolute Gasteiger partial charge is 0.383 e. The Labute approximate surface area is 114 Å². The highest BCUT2D eigenvalue weighted by molar-refractivity contribution is 5.31. The van der Waals surface area contributed by atoms with E-state index in [2.05, 4.69) is 52.3 Å². The van der Waals surface area contributed by atoms with E-state index in [1.807, 2.05) is 13.0 Å². The van der Waals surface area contributed by atoms with Crippen LogP contribution < -0.4 is 5.32 Å². The summed E-state index contributed by atoms with van der Waals surface area (Å²) >= 11 is 0. The molecule has 0 aliphatic heterocycles. The number of rotatable bonds is 6. The number of ether oxygens (including phenoxy) is 1. The van der Waals surface area contributed by atoms with Crippen molar-refractivity contribution in [2.45, 2.75) is 26.4 Å². The Morgan fingerprint density at radius 2 is 2.05 bits per heavy atom. The Kier molecular flexibility index (Phi) is 4.58. The molecule has 1 heterocycles. The second-order valence-corrected chi connectivity index (χ2v) is 4.82. The highest BCUT2D eigenvalue weighted by Gasteiger charge is 2.09. The number of imidazole rings is 1. The van der Waals surface area contributed by atoms with Crippen molar-refractivity contribution in [3.8, 4) is 0 Å². The van der Waals surface area contributed by atoms with E-state index >= 15 is 0 Å². The zero-order valence-electron chi connectivity index (χ0n) is 11.8. The SMILES string of the molecule is COCC(C)Nc1nc(C)cn1Cc1ccccc1. The molecule has 0 amide bonds. The van der Waals surface area contributed by atoms with Crippen molar-refractivity contribution in [3.05, 3.63) is 47.8 Å². The Morgan fingerprint density at radius 1 is 1.32 bits per heavy atom. The monoisotopic (exact) mass is 259 g/mol. The smallest absolute Gasteiger partial charge is 0.203 e. The van der Waals surface area contributed by atoms with E-state index in [4.69, 9.17) is 4.74 Å². The molecular formula is C15H21N3O. The summed E-state index contributed by atoms with van der Waals surface area (Å²) in [5, 5.41) is 3.38. The van der Waals surface area contributed by atoms with Gasteiger partial charge in [-0.15, -0.1) is 0 Å². The van der Waals surface area contributed by atoms with Gasteiger partial charge in [0, 0.05) is 19.3 Å². The lowest BCUT2D eigenvalue weighted by atomic mass is 10.2. The van der Waals surface area contributed by atoms with Gasteiger partial charge in [-0.2, -0.15) is 0 Å². The molecule has 0 saturated carbocycles.